The lowest BCUT2D eigenvalue weighted by Gasteiger charge is -2.54. The Kier molecular flexibility index (Phi) is 12.4. The summed E-state index contributed by atoms with van der Waals surface area (Å²) < 4.78 is 41.8. The Morgan fingerprint density at radius 3 is 2.23 bits per heavy atom. The van der Waals surface area contributed by atoms with Gasteiger partial charge in [-0.15, -0.1) is 0 Å². The fraction of sp³-hybridized carbons (Fsp3) is 0.628. The number of carbonyl (C=O) groups excluding carboxylic acids is 1. The van der Waals surface area contributed by atoms with Gasteiger partial charge in [-0.1, -0.05) is 39.0 Å². The fourth-order valence-electron chi connectivity index (χ4n) is 10.4. The molecule has 2 N–H and O–H groups in total. The van der Waals surface area contributed by atoms with E-state index < -0.39 is 21.2 Å². The third-order valence-electron chi connectivity index (χ3n) is 13.8. The van der Waals surface area contributed by atoms with Crippen LogP contribution < -0.4 is 10.2 Å². The minimum atomic E-state index is -3.55. The fourth-order valence-corrected chi connectivity index (χ4v) is 12.1. The third-order valence-corrected chi connectivity index (χ3v) is 15.9. The number of amides is 2. The number of hydrogen-bond acceptors (Lipinski definition) is 8. The second kappa shape index (κ2) is 17.1. The average Bonchev–Trinajstić information content (AvgIpc) is 3.59. The van der Waals surface area contributed by atoms with Crippen LogP contribution in [0.1, 0.15) is 57.9 Å². The van der Waals surface area contributed by atoms with Gasteiger partial charge in [0.15, 0.2) is 9.84 Å². The maximum atomic E-state index is 14.9. The van der Waals surface area contributed by atoms with Gasteiger partial charge < -0.3 is 30.0 Å². The van der Waals surface area contributed by atoms with Crippen molar-refractivity contribution in [2.24, 2.45) is 17.8 Å². The van der Waals surface area contributed by atoms with E-state index in [1.807, 2.05) is 32.0 Å². The lowest BCUT2D eigenvalue weighted by Crippen LogP contribution is -2.60. The molecule has 1 unspecified atom stereocenters. The molecule has 4 heterocycles. The first-order chi connectivity index (χ1) is 26.9. The minimum absolute atomic E-state index is 0.111. The van der Waals surface area contributed by atoms with Gasteiger partial charge in [-0.05, 0) is 125 Å². The van der Waals surface area contributed by atoms with Crippen LogP contribution in [-0.4, -0.2) is 141 Å². The molecular weight excluding hydrogens is 732 g/mol. The van der Waals surface area contributed by atoms with Crippen LogP contribution in [0, 0.1) is 23.6 Å². The number of anilines is 1. The largest absolute Gasteiger partial charge is 0.465 e. The monoisotopic (exact) mass is 792 g/mol. The van der Waals surface area contributed by atoms with Crippen molar-refractivity contribution >= 4 is 27.5 Å². The number of hydrogen-bond donors (Lipinski definition) is 2. The Morgan fingerprint density at radius 2 is 1.62 bits per heavy atom. The van der Waals surface area contributed by atoms with E-state index in [4.69, 9.17) is 0 Å². The first-order valence-electron chi connectivity index (χ1n) is 20.9. The lowest BCUT2D eigenvalue weighted by atomic mass is 9.57. The molecule has 0 aromatic heterocycles. The van der Waals surface area contributed by atoms with E-state index in [0.717, 1.165) is 115 Å². The highest BCUT2D eigenvalue weighted by Crippen LogP contribution is 2.51. The summed E-state index contributed by atoms with van der Waals surface area (Å²) in [5.41, 5.74) is 2.21. The summed E-state index contributed by atoms with van der Waals surface area (Å²) in [6, 6.07) is 14.2. The van der Waals surface area contributed by atoms with E-state index in [1.54, 1.807) is 23.1 Å². The van der Waals surface area contributed by atoms with Crippen molar-refractivity contribution in [3.63, 3.8) is 0 Å². The van der Waals surface area contributed by atoms with Crippen LogP contribution in [0.2, 0.25) is 0 Å². The first-order valence-corrected chi connectivity index (χ1v) is 22.4. The molecular formula is C43H61FN6O5S. The second-order valence-corrected chi connectivity index (χ2v) is 19.3. The van der Waals surface area contributed by atoms with Gasteiger partial charge in [-0.3, -0.25) is 9.69 Å². The van der Waals surface area contributed by atoms with Gasteiger partial charge in [0, 0.05) is 74.4 Å². The van der Waals surface area contributed by atoms with Crippen LogP contribution in [0.3, 0.4) is 0 Å². The van der Waals surface area contributed by atoms with Crippen molar-refractivity contribution in [3.05, 3.63) is 72.1 Å². The van der Waals surface area contributed by atoms with Crippen molar-refractivity contribution < 1.29 is 27.5 Å². The topological polar surface area (TPSA) is 117 Å². The predicted molar refractivity (Wildman–Crippen MR) is 217 cm³/mol. The smallest absolute Gasteiger partial charge is 0.404 e. The number of piperidine rings is 1. The van der Waals surface area contributed by atoms with E-state index in [2.05, 4.69) is 37.6 Å². The molecule has 5 fully saturated rings. The normalized spacial score (nSPS) is 24.0. The Bertz CT molecular complexity index is 1820. The van der Waals surface area contributed by atoms with Gasteiger partial charge in [0.1, 0.15) is 11.1 Å². The van der Waals surface area contributed by atoms with Crippen LogP contribution in [0.5, 0.6) is 0 Å². The molecule has 2 aromatic rings. The van der Waals surface area contributed by atoms with Crippen LogP contribution in [0.4, 0.5) is 14.9 Å². The highest BCUT2D eigenvalue weighted by molar-refractivity contribution is 7.92. The van der Waals surface area contributed by atoms with Crippen LogP contribution >= 0.6 is 0 Å². The van der Waals surface area contributed by atoms with E-state index in [9.17, 15) is 27.5 Å². The molecule has 4 aliphatic heterocycles. The quantitative estimate of drug-likeness (QED) is 0.228. The number of likely N-dealkylation sites (tertiary alicyclic amines) is 3. The Balaban J connectivity index is 0.931. The van der Waals surface area contributed by atoms with Crippen molar-refractivity contribution in [2.75, 3.05) is 90.0 Å². The first kappa shape index (κ1) is 40.7. The molecule has 56 heavy (non-hydrogen) atoms. The van der Waals surface area contributed by atoms with Gasteiger partial charge in [-0.25, -0.2) is 17.6 Å². The van der Waals surface area contributed by atoms with Crippen molar-refractivity contribution in [2.45, 2.75) is 74.0 Å². The van der Waals surface area contributed by atoms with E-state index in [0.29, 0.717) is 28.8 Å². The van der Waals surface area contributed by atoms with Crippen molar-refractivity contribution in [1.82, 2.24) is 24.9 Å². The molecule has 5 aliphatic rings. The molecule has 11 nitrogen and oxygen atoms in total. The molecule has 0 bridgehead atoms. The Hall–Kier alpha value is -3.52. The average molecular weight is 793 g/mol. The summed E-state index contributed by atoms with van der Waals surface area (Å²) >= 11 is 0. The minimum Gasteiger partial charge on any atom is -0.465 e. The zero-order valence-corrected chi connectivity index (χ0v) is 34.1. The molecule has 13 heteroatoms. The summed E-state index contributed by atoms with van der Waals surface area (Å²) in [6.45, 7) is 18.2. The van der Waals surface area contributed by atoms with E-state index >= 15 is 0 Å². The molecule has 0 radical (unpaired) electrons. The third kappa shape index (κ3) is 8.37. The van der Waals surface area contributed by atoms with Gasteiger partial charge in [-0.2, -0.15) is 0 Å². The molecule has 2 amide bonds. The second-order valence-electron chi connectivity index (χ2n) is 17.1. The standard InChI is InChI=1S/C43H61FN6O5S/c1-4-46(5-2)24-31(3)41(51)50-28-38(29-50)56(54,55)37-15-13-36(14-16-37)49-26-32(27-49)25-47-21-17-33(18-22-47)43(30-48-19-8-20-48,34-9-6-10-35(44)23-34)39-11-7-12-40(39)45-42(52)53/h6,9-10,13-16,23,32-33,38-40,45H,3-5,7-8,11-12,17-22,24-30H2,1-2H3,(H,52,53)/t39-,40-,43?/m0/s1. The van der Waals surface area contributed by atoms with Gasteiger partial charge in [0.05, 0.1) is 4.90 Å². The number of sulfone groups is 1. The lowest BCUT2D eigenvalue weighted by molar-refractivity contribution is -0.130. The molecule has 1 aliphatic carbocycles. The van der Waals surface area contributed by atoms with E-state index in [1.165, 1.54) is 6.07 Å². The molecule has 2 aromatic carbocycles. The molecule has 4 saturated heterocycles. The Labute approximate surface area is 332 Å². The van der Waals surface area contributed by atoms with Crippen molar-refractivity contribution in [3.8, 4) is 0 Å². The molecule has 0 spiro atoms. The number of rotatable bonds is 16. The number of halogens is 1. The van der Waals surface area contributed by atoms with Gasteiger partial charge in [0.25, 0.3) is 5.91 Å². The zero-order chi connectivity index (χ0) is 39.6. The number of nitrogens with one attached hydrogen (secondary N) is 1. The number of likely N-dealkylation sites (N-methyl/N-ethyl adjacent to an activating group) is 1. The predicted octanol–water partition coefficient (Wildman–Crippen LogP) is 4.94. The summed E-state index contributed by atoms with van der Waals surface area (Å²) in [6.07, 6.45) is 4.90. The van der Waals surface area contributed by atoms with Gasteiger partial charge in [0.2, 0.25) is 0 Å². The van der Waals surface area contributed by atoms with E-state index in [-0.39, 0.29) is 42.2 Å². The maximum Gasteiger partial charge on any atom is 0.404 e. The number of carbonyl (C=O) groups is 2. The number of nitrogens with zero attached hydrogens (tertiary/aromatic N) is 5. The molecule has 7 rings (SSSR count). The summed E-state index contributed by atoms with van der Waals surface area (Å²) in [7, 11) is -3.55. The maximum absolute atomic E-state index is 14.9. The van der Waals surface area contributed by atoms with Crippen LogP contribution in [0.15, 0.2) is 65.6 Å². The van der Waals surface area contributed by atoms with Gasteiger partial charge >= 0.3 is 6.09 Å². The summed E-state index contributed by atoms with van der Waals surface area (Å²) in [4.78, 5) is 36.1. The highest BCUT2D eigenvalue weighted by atomic mass is 32.2. The molecule has 1 saturated carbocycles. The number of benzene rings is 2. The summed E-state index contributed by atoms with van der Waals surface area (Å²) in [5, 5.41) is 12.0. The number of carboxylic acid groups (broad SMARTS) is 1. The Morgan fingerprint density at radius 1 is 0.929 bits per heavy atom. The highest BCUT2D eigenvalue weighted by Gasteiger charge is 2.53. The van der Waals surface area contributed by atoms with Crippen LogP contribution in [0.25, 0.3) is 0 Å². The molecule has 306 valence electrons. The van der Waals surface area contributed by atoms with Crippen molar-refractivity contribution in [1.29, 1.82) is 0 Å². The SMILES string of the molecule is C=C(CN(CC)CC)C(=O)N1CC(S(=O)(=O)c2ccc(N3CC(CN4CCC(C(CN5CCC5)(c5cccc(F)c5)[C@H]5CCC[C@@H]5NC(=O)O)CC4)C3)cc2)C1. The molecule has 3 atom stereocenters. The summed E-state index contributed by atoms with van der Waals surface area (Å²) in [5.74, 6) is 0.543. The van der Waals surface area contributed by atoms with Crippen LogP contribution in [-0.2, 0) is 20.0 Å². The zero-order valence-electron chi connectivity index (χ0n) is 33.3.